The first-order chi connectivity index (χ1) is 18.5. The summed E-state index contributed by atoms with van der Waals surface area (Å²) in [6.07, 6.45) is 7.24. The van der Waals surface area contributed by atoms with Gasteiger partial charge in [-0.05, 0) is 60.2 Å². The van der Waals surface area contributed by atoms with E-state index in [0.29, 0.717) is 25.4 Å². The zero-order chi connectivity index (χ0) is 26.3. The van der Waals surface area contributed by atoms with Gasteiger partial charge in [-0.25, -0.2) is 9.18 Å². The number of thiophene rings is 1. The summed E-state index contributed by atoms with van der Waals surface area (Å²) in [7, 11) is 0. The topological polar surface area (TPSA) is 73.5 Å². The Morgan fingerprint density at radius 1 is 1.03 bits per heavy atom. The molecule has 5 rings (SSSR count). The van der Waals surface area contributed by atoms with Crippen molar-refractivity contribution in [2.75, 3.05) is 29.9 Å². The lowest BCUT2D eigenvalue weighted by molar-refractivity contribution is -0.123. The van der Waals surface area contributed by atoms with Gasteiger partial charge in [0.15, 0.2) is 0 Å². The highest BCUT2D eigenvalue weighted by Gasteiger charge is 2.26. The average molecular weight is 535 g/mol. The fourth-order valence-corrected chi connectivity index (χ4v) is 6.47. The number of benzene rings is 2. The van der Waals surface area contributed by atoms with Crippen molar-refractivity contribution in [3.63, 3.8) is 0 Å². The number of hydrogen-bond donors (Lipinski definition) is 3. The van der Waals surface area contributed by atoms with Crippen LogP contribution in [0.25, 0.3) is 10.4 Å². The van der Waals surface area contributed by atoms with Gasteiger partial charge < -0.3 is 15.5 Å². The number of carbonyl (C=O) groups is 2. The monoisotopic (exact) mass is 534 g/mol. The van der Waals surface area contributed by atoms with Gasteiger partial charge in [-0.1, -0.05) is 62.4 Å². The Kier molecular flexibility index (Phi) is 8.58. The van der Waals surface area contributed by atoms with Crippen LogP contribution < -0.4 is 20.9 Å². The molecule has 1 fully saturated rings. The van der Waals surface area contributed by atoms with Gasteiger partial charge in [0.25, 0.3) is 0 Å². The van der Waals surface area contributed by atoms with Crippen molar-refractivity contribution in [1.82, 2.24) is 10.6 Å². The molecule has 1 aliphatic carbocycles. The van der Waals surface area contributed by atoms with Gasteiger partial charge in [0.2, 0.25) is 5.91 Å². The molecular formula is C30H35FN4O2S. The highest BCUT2D eigenvalue weighted by Crippen LogP contribution is 2.32. The zero-order valence-corrected chi connectivity index (χ0v) is 22.4. The van der Waals surface area contributed by atoms with E-state index in [1.54, 1.807) is 6.07 Å². The lowest BCUT2D eigenvalue weighted by Gasteiger charge is -2.27. The van der Waals surface area contributed by atoms with Crippen molar-refractivity contribution in [1.29, 1.82) is 0 Å². The fourth-order valence-electron chi connectivity index (χ4n) is 5.56. The number of amides is 3. The first-order valence-electron chi connectivity index (χ1n) is 13.6. The molecule has 3 N–H and O–H groups in total. The van der Waals surface area contributed by atoms with Crippen LogP contribution in [0.1, 0.15) is 44.1 Å². The summed E-state index contributed by atoms with van der Waals surface area (Å²) >= 11 is 1.51. The third-order valence-electron chi connectivity index (χ3n) is 7.53. The van der Waals surface area contributed by atoms with Gasteiger partial charge in [-0.15, -0.1) is 11.3 Å². The van der Waals surface area contributed by atoms with E-state index in [1.165, 1.54) is 36.7 Å². The molecule has 1 aliphatic heterocycles. The summed E-state index contributed by atoms with van der Waals surface area (Å²) in [6.45, 7) is 1.92. The molecule has 0 unspecified atom stereocenters. The predicted molar refractivity (Wildman–Crippen MR) is 152 cm³/mol. The molecule has 2 aromatic carbocycles. The van der Waals surface area contributed by atoms with E-state index in [0.717, 1.165) is 52.5 Å². The first kappa shape index (κ1) is 26.2. The maximum absolute atomic E-state index is 13.5. The standard InChI is InChI=1S/C30H35FN4O2S/c31-24-11-12-26-23(20-24)15-17-35(26)18-16-32-29(36)25(19-21-7-3-1-4-8-21)33-30(37)34-28-14-13-27(38-28)22-9-5-2-6-10-22/h2,5-6,9-14,20-21,25H,1,3-4,7-8,15-19H2,(H,32,36)(H2,33,34,37)/t25-/m0/s1. The van der Waals surface area contributed by atoms with Crippen LogP contribution in [-0.4, -0.2) is 37.6 Å². The third kappa shape index (κ3) is 6.72. The lowest BCUT2D eigenvalue weighted by atomic mass is 9.84. The van der Waals surface area contributed by atoms with Crippen LogP contribution in [0, 0.1) is 11.7 Å². The van der Waals surface area contributed by atoms with Crippen LogP contribution >= 0.6 is 11.3 Å². The SMILES string of the molecule is O=C(Nc1ccc(-c2ccccc2)s1)N[C@@H](CC1CCCCC1)C(=O)NCCN1CCc2cc(F)ccc21. The largest absolute Gasteiger partial charge is 0.369 e. The van der Waals surface area contributed by atoms with Crippen molar-refractivity contribution in [3.8, 4) is 10.4 Å². The molecule has 1 aromatic heterocycles. The molecule has 3 amide bonds. The number of nitrogens with zero attached hydrogens (tertiary/aromatic N) is 1. The molecule has 1 saturated carbocycles. The van der Waals surface area contributed by atoms with Crippen molar-refractivity contribution in [3.05, 3.63) is 72.0 Å². The van der Waals surface area contributed by atoms with Gasteiger partial charge in [-0.3, -0.25) is 10.1 Å². The lowest BCUT2D eigenvalue weighted by Crippen LogP contribution is -2.50. The minimum Gasteiger partial charge on any atom is -0.369 e. The quantitative estimate of drug-likeness (QED) is 0.306. The minimum atomic E-state index is -0.591. The molecule has 200 valence electrons. The van der Waals surface area contributed by atoms with Crippen molar-refractivity contribution in [2.24, 2.45) is 5.92 Å². The Hall–Kier alpha value is -3.39. The highest BCUT2D eigenvalue weighted by atomic mass is 32.1. The molecule has 8 heteroatoms. The van der Waals surface area contributed by atoms with Gasteiger partial charge >= 0.3 is 6.03 Å². The van der Waals surface area contributed by atoms with E-state index >= 15 is 0 Å². The molecule has 2 heterocycles. The minimum absolute atomic E-state index is 0.152. The summed E-state index contributed by atoms with van der Waals surface area (Å²) in [4.78, 5) is 29.4. The normalized spacial score (nSPS) is 16.1. The Labute approximate surface area is 227 Å². The summed E-state index contributed by atoms with van der Waals surface area (Å²) in [5.41, 5.74) is 3.14. The number of halogens is 1. The number of nitrogens with one attached hydrogen (secondary N) is 3. The molecule has 6 nitrogen and oxygen atoms in total. The van der Waals surface area contributed by atoms with Crippen LogP contribution in [-0.2, 0) is 11.2 Å². The van der Waals surface area contributed by atoms with Crippen molar-refractivity contribution in [2.45, 2.75) is 51.0 Å². The first-order valence-corrected chi connectivity index (χ1v) is 14.4. The summed E-state index contributed by atoms with van der Waals surface area (Å²) < 4.78 is 13.5. The Morgan fingerprint density at radius 2 is 1.84 bits per heavy atom. The third-order valence-corrected chi connectivity index (χ3v) is 8.58. The maximum atomic E-state index is 13.5. The van der Waals surface area contributed by atoms with Gasteiger partial charge in [-0.2, -0.15) is 0 Å². The molecule has 0 bridgehead atoms. The second kappa shape index (κ2) is 12.4. The Bertz CT molecular complexity index is 1240. The molecule has 3 aromatic rings. The van der Waals surface area contributed by atoms with E-state index in [2.05, 4.69) is 20.9 Å². The van der Waals surface area contributed by atoms with E-state index in [-0.39, 0.29) is 17.8 Å². The number of rotatable bonds is 9. The smallest absolute Gasteiger partial charge is 0.320 e. The van der Waals surface area contributed by atoms with Crippen LogP contribution in [0.4, 0.5) is 19.9 Å². The predicted octanol–water partition coefficient (Wildman–Crippen LogP) is 6.19. The number of carbonyl (C=O) groups excluding carboxylic acids is 2. The van der Waals surface area contributed by atoms with E-state index in [1.807, 2.05) is 48.5 Å². The number of fused-ring (bicyclic) bond motifs is 1. The molecule has 0 saturated heterocycles. The fraction of sp³-hybridized carbons (Fsp3) is 0.400. The number of hydrogen-bond acceptors (Lipinski definition) is 4. The van der Waals surface area contributed by atoms with E-state index < -0.39 is 6.04 Å². The second-order valence-corrected chi connectivity index (χ2v) is 11.3. The molecule has 0 radical (unpaired) electrons. The zero-order valence-electron chi connectivity index (χ0n) is 21.5. The second-order valence-electron chi connectivity index (χ2n) is 10.2. The number of urea groups is 1. The Balaban J connectivity index is 1.17. The molecule has 0 spiro atoms. The van der Waals surface area contributed by atoms with Crippen LogP contribution in [0.5, 0.6) is 0 Å². The van der Waals surface area contributed by atoms with Crippen molar-refractivity contribution >= 4 is 34.0 Å². The van der Waals surface area contributed by atoms with Crippen molar-refractivity contribution < 1.29 is 14.0 Å². The molecular weight excluding hydrogens is 499 g/mol. The molecule has 2 aliphatic rings. The highest BCUT2D eigenvalue weighted by molar-refractivity contribution is 7.19. The van der Waals surface area contributed by atoms with E-state index in [4.69, 9.17) is 0 Å². The molecule has 1 atom stereocenters. The Morgan fingerprint density at radius 3 is 2.66 bits per heavy atom. The summed E-state index contributed by atoms with van der Waals surface area (Å²) in [5, 5.41) is 9.65. The molecule has 38 heavy (non-hydrogen) atoms. The van der Waals surface area contributed by atoms with Gasteiger partial charge in [0, 0.05) is 30.2 Å². The van der Waals surface area contributed by atoms with Crippen LogP contribution in [0.3, 0.4) is 0 Å². The van der Waals surface area contributed by atoms with E-state index in [9.17, 15) is 14.0 Å². The van der Waals surface area contributed by atoms with Gasteiger partial charge in [0.05, 0.1) is 5.00 Å². The maximum Gasteiger partial charge on any atom is 0.320 e. The summed E-state index contributed by atoms with van der Waals surface area (Å²) in [6, 6.07) is 17.9. The van der Waals surface area contributed by atoms with Crippen LogP contribution in [0.15, 0.2) is 60.7 Å². The number of anilines is 2. The van der Waals surface area contributed by atoms with Gasteiger partial charge in [0.1, 0.15) is 11.9 Å². The average Bonchev–Trinajstić information content (AvgIpc) is 3.56. The summed E-state index contributed by atoms with van der Waals surface area (Å²) in [5.74, 6) is 0.0691. The van der Waals surface area contributed by atoms with Crippen LogP contribution in [0.2, 0.25) is 0 Å².